The van der Waals surface area contributed by atoms with Gasteiger partial charge in [-0.3, -0.25) is 0 Å². The normalized spacial score (nSPS) is 12.4. The maximum Gasteiger partial charge on any atom is 0.728 e. The Kier molecular flexibility index (Phi) is 11.3. The number of rotatable bonds is 6. The van der Waals surface area contributed by atoms with E-state index in [0.717, 1.165) is 0 Å². The summed E-state index contributed by atoms with van der Waals surface area (Å²) in [7, 11) is -1.01. The van der Waals surface area contributed by atoms with Crippen LogP contribution in [0.15, 0.2) is 18.2 Å². The Bertz CT molecular complexity index is 413. The van der Waals surface area contributed by atoms with Gasteiger partial charge in [0.25, 0.3) is 0 Å². The third-order valence-corrected chi connectivity index (χ3v) is 3.37. The number of halogens is 2. The third-order valence-electron chi connectivity index (χ3n) is 2.30. The van der Waals surface area contributed by atoms with Crippen LogP contribution in [0.2, 0.25) is 10.0 Å². The first-order valence-electron chi connectivity index (χ1n) is 6.25. The summed E-state index contributed by atoms with van der Waals surface area (Å²) in [6.45, 7) is 6.06. The van der Waals surface area contributed by atoms with Crippen LogP contribution in [0.3, 0.4) is 0 Å². The molecule has 114 valence electrons. The number of hydrogen-bond donors (Lipinski definition) is 0. The Balaban J connectivity index is 0.000000796. The van der Waals surface area contributed by atoms with Crippen LogP contribution in [0, 0.1) is 0 Å². The van der Waals surface area contributed by atoms with Crippen LogP contribution in [-0.2, 0) is 18.7 Å². The molecule has 0 saturated heterocycles. The fourth-order valence-corrected chi connectivity index (χ4v) is 1.84. The van der Waals surface area contributed by atoms with Gasteiger partial charge in [0.15, 0.2) is 0 Å². The Morgan fingerprint density at radius 3 is 2.30 bits per heavy atom. The van der Waals surface area contributed by atoms with E-state index in [1.54, 1.807) is 25.1 Å². The molecule has 1 rings (SSSR count). The molecule has 0 fully saturated rings. The summed E-state index contributed by atoms with van der Waals surface area (Å²) in [4.78, 5) is 4.87. The summed E-state index contributed by atoms with van der Waals surface area (Å²) in [5.74, 6) is 0. The van der Waals surface area contributed by atoms with Crippen LogP contribution in [-0.4, -0.2) is 7.11 Å². The van der Waals surface area contributed by atoms with E-state index in [2.05, 4.69) is 23.0 Å². The Morgan fingerprint density at radius 2 is 1.85 bits per heavy atom. The third kappa shape index (κ3) is 8.15. The Labute approximate surface area is 131 Å². The van der Waals surface area contributed by atoms with Gasteiger partial charge in [0.1, 0.15) is 6.10 Å². The molecule has 0 saturated carbocycles. The second-order valence-corrected chi connectivity index (χ2v) is 5.69. The van der Waals surface area contributed by atoms with Crippen LogP contribution in [0.25, 0.3) is 0 Å². The average Bonchev–Trinajstić information content (AvgIpc) is 2.44. The van der Waals surface area contributed by atoms with Gasteiger partial charge < -0.3 is 0 Å². The lowest BCUT2D eigenvalue weighted by atomic mass is 10.1. The predicted molar refractivity (Wildman–Crippen MR) is 82.2 cm³/mol. The molecule has 0 heterocycles. The van der Waals surface area contributed by atoms with E-state index in [1.165, 1.54) is 20.0 Å². The fourth-order valence-electron chi connectivity index (χ4n) is 1.01. The molecule has 0 aromatic heterocycles. The summed E-state index contributed by atoms with van der Waals surface area (Å²) in [6, 6.07) is 4.98. The second kappa shape index (κ2) is 11.4. The lowest BCUT2D eigenvalue weighted by Gasteiger charge is -2.09. The first-order chi connectivity index (χ1) is 9.46. The minimum Gasteiger partial charge on any atom is -0.179 e. The molecule has 0 aliphatic rings. The number of unbranched alkanes of at least 4 members (excludes halogenated alkanes) is 1. The van der Waals surface area contributed by atoms with Crippen molar-refractivity contribution in [3.05, 3.63) is 33.8 Å². The zero-order valence-corrected chi connectivity index (χ0v) is 14.5. The molecule has 2 unspecified atom stereocenters. The molecule has 1 aromatic carbocycles. The Hall–Kier alpha value is -0.220. The largest absolute Gasteiger partial charge is 0.728 e. The summed E-state index contributed by atoms with van der Waals surface area (Å²) < 4.78 is 19.7. The smallest absolute Gasteiger partial charge is 0.179 e. The van der Waals surface area contributed by atoms with Crippen LogP contribution in [0.4, 0.5) is 0 Å². The summed E-state index contributed by atoms with van der Waals surface area (Å²) in [6.07, 6.45) is 2.17. The zero-order valence-electron chi connectivity index (χ0n) is 12.1. The van der Waals surface area contributed by atoms with Gasteiger partial charge in [-0.25, -0.2) is 0 Å². The molecule has 20 heavy (non-hydrogen) atoms. The van der Waals surface area contributed by atoms with E-state index in [9.17, 15) is 4.57 Å². The molecule has 0 amide bonds. The maximum absolute atomic E-state index is 10.8. The van der Waals surface area contributed by atoms with E-state index in [-0.39, 0.29) is 0 Å². The molecule has 0 spiro atoms. The number of benzene rings is 1. The molecular formula is C13H20Cl2O4P+. The summed E-state index contributed by atoms with van der Waals surface area (Å²) in [5.41, 5.74) is 0.686. The van der Waals surface area contributed by atoms with Gasteiger partial charge in [0.2, 0.25) is 0 Å². The van der Waals surface area contributed by atoms with Crippen LogP contribution >= 0.6 is 31.5 Å². The lowest BCUT2D eigenvalue weighted by molar-refractivity contribution is -0.244. The van der Waals surface area contributed by atoms with Gasteiger partial charge in [-0.1, -0.05) is 56.0 Å². The van der Waals surface area contributed by atoms with Crippen LogP contribution < -0.4 is 0 Å². The first-order valence-corrected chi connectivity index (χ1v) is 8.11. The maximum atomic E-state index is 10.8. The highest BCUT2D eigenvalue weighted by molar-refractivity contribution is 7.33. The highest BCUT2D eigenvalue weighted by Crippen LogP contribution is 2.31. The van der Waals surface area contributed by atoms with Crippen molar-refractivity contribution in [3.63, 3.8) is 0 Å². The van der Waals surface area contributed by atoms with E-state index >= 15 is 0 Å². The van der Waals surface area contributed by atoms with Gasteiger partial charge in [0.05, 0.1) is 11.8 Å². The van der Waals surface area contributed by atoms with Crippen molar-refractivity contribution in [3.8, 4) is 0 Å². The molecule has 0 aliphatic heterocycles. The van der Waals surface area contributed by atoms with Crippen molar-refractivity contribution < 1.29 is 18.7 Å². The van der Waals surface area contributed by atoms with Gasteiger partial charge in [0, 0.05) is 20.2 Å². The topological polar surface area (TPSA) is 44.8 Å². The molecule has 4 nitrogen and oxygen atoms in total. The minimum absolute atomic E-state index is 0.455. The molecule has 1 aromatic rings. The minimum atomic E-state index is -2.26. The molecule has 2 atom stereocenters. The predicted octanol–water partition coefficient (Wildman–Crippen LogP) is 6.11. The molecule has 0 aliphatic carbocycles. The van der Waals surface area contributed by atoms with Gasteiger partial charge in [-0.15, -0.1) is 4.52 Å². The van der Waals surface area contributed by atoms with Crippen molar-refractivity contribution in [2.75, 3.05) is 7.11 Å². The van der Waals surface area contributed by atoms with Crippen molar-refractivity contribution in [1.82, 2.24) is 0 Å². The van der Waals surface area contributed by atoms with Crippen LogP contribution in [0.5, 0.6) is 0 Å². The highest BCUT2D eigenvalue weighted by Gasteiger charge is 2.22. The molecule has 0 N–H and O–H groups in total. The van der Waals surface area contributed by atoms with Crippen molar-refractivity contribution in [2.24, 2.45) is 0 Å². The van der Waals surface area contributed by atoms with Crippen LogP contribution in [0.1, 0.15) is 45.3 Å². The Morgan fingerprint density at radius 1 is 1.25 bits per heavy atom. The van der Waals surface area contributed by atoms with E-state index in [0.29, 0.717) is 15.6 Å². The standard InChI is InChI=1S/C9H10Cl2O4P.C4H10/c1-6(14-15-16(12)13-2)8-4-3-7(10)5-9(8)11;1-3-4-2/h3-6H,1-2H3;3-4H2,1-2H3/q+1;. The summed E-state index contributed by atoms with van der Waals surface area (Å²) >= 11 is 11.7. The number of hydrogen-bond acceptors (Lipinski definition) is 4. The van der Waals surface area contributed by atoms with Gasteiger partial charge in [-0.05, 0) is 19.1 Å². The fraction of sp³-hybridized carbons (Fsp3) is 0.538. The average molecular weight is 342 g/mol. The monoisotopic (exact) mass is 341 g/mol. The quantitative estimate of drug-likeness (QED) is 0.355. The van der Waals surface area contributed by atoms with E-state index in [1.807, 2.05) is 0 Å². The van der Waals surface area contributed by atoms with Gasteiger partial charge in [-0.2, -0.15) is 4.89 Å². The molecule has 7 heteroatoms. The summed E-state index contributed by atoms with van der Waals surface area (Å²) in [5, 5.41) is 0.987. The van der Waals surface area contributed by atoms with Gasteiger partial charge >= 0.3 is 8.25 Å². The van der Waals surface area contributed by atoms with E-state index in [4.69, 9.17) is 28.1 Å². The van der Waals surface area contributed by atoms with Crippen molar-refractivity contribution in [1.29, 1.82) is 0 Å². The molecule has 0 bridgehead atoms. The first kappa shape index (κ1) is 19.8. The van der Waals surface area contributed by atoms with Crippen molar-refractivity contribution >= 4 is 31.5 Å². The molecule has 0 radical (unpaired) electrons. The zero-order chi connectivity index (χ0) is 15.5. The second-order valence-electron chi connectivity index (χ2n) is 3.89. The van der Waals surface area contributed by atoms with Crippen molar-refractivity contribution in [2.45, 2.75) is 39.7 Å². The van der Waals surface area contributed by atoms with E-state index < -0.39 is 14.4 Å². The highest BCUT2D eigenvalue weighted by atomic mass is 35.5. The molecular weight excluding hydrogens is 322 g/mol. The SMILES string of the molecule is CCCC.CO[P+](=O)OOC(C)c1ccc(Cl)cc1Cl. The lowest BCUT2D eigenvalue weighted by Crippen LogP contribution is -1.99.